The number of aryl methyl sites for hydroxylation is 1. The van der Waals surface area contributed by atoms with Crippen LogP contribution in [-0.2, 0) is 41.7 Å². The number of carbonyl (C=O) groups excluding carboxylic acids is 3. The van der Waals surface area contributed by atoms with E-state index < -0.39 is 29.1 Å². The first-order valence-electron chi connectivity index (χ1n) is 29.7. The van der Waals surface area contributed by atoms with Gasteiger partial charge >= 0.3 is 6.01 Å². The van der Waals surface area contributed by atoms with Gasteiger partial charge in [-0.05, 0) is 104 Å². The number of alkyl halides is 1. The highest BCUT2D eigenvalue weighted by atomic mass is 32.1. The summed E-state index contributed by atoms with van der Waals surface area (Å²) in [7, 11) is 0. The first-order valence-corrected chi connectivity index (χ1v) is 30.6. The minimum atomic E-state index is -1.92. The van der Waals surface area contributed by atoms with Crippen LogP contribution in [-0.4, -0.2) is 148 Å². The smallest absolute Gasteiger partial charge is 0.322 e. The van der Waals surface area contributed by atoms with Crippen molar-refractivity contribution in [1.82, 2.24) is 50.4 Å². The highest BCUT2D eigenvalue weighted by Crippen LogP contribution is 2.41. The molecule has 3 amide bonds. The molecule has 2 aliphatic heterocycles. The number of carbonyl (C=O) groups is 3. The molecule has 2 saturated heterocycles. The maximum Gasteiger partial charge on any atom is 0.322 e. The number of piperidine rings is 1. The van der Waals surface area contributed by atoms with E-state index in [4.69, 9.17) is 38.6 Å². The van der Waals surface area contributed by atoms with Crippen LogP contribution in [0, 0.1) is 12.3 Å². The van der Waals surface area contributed by atoms with Gasteiger partial charge in [-0.3, -0.25) is 19.4 Å². The summed E-state index contributed by atoms with van der Waals surface area (Å²) in [5.74, 6) is -0.0912. The van der Waals surface area contributed by atoms with E-state index in [1.54, 1.807) is 10.0 Å². The predicted molar refractivity (Wildman–Crippen MR) is 326 cm³/mol. The van der Waals surface area contributed by atoms with Crippen LogP contribution in [0.2, 0.25) is 0 Å². The highest BCUT2D eigenvalue weighted by Gasteiger charge is 2.53. The van der Waals surface area contributed by atoms with E-state index in [2.05, 4.69) is 80.8 Å². The molecular formula is C63H79FN12O8S. The second-order valence-corrected chi connectivity index (χ2v) is 24.2. The van der Waals surface area contributed by atoms with Crippen molar-refractivity contribution in [2.45, 2.75) is 123 Å². The first kappa shape index (κ1) is 60.7. The number of benzene rings is 3. The molecule has 0 unspecified atom stereocenters. The van der Waals surface area contributed by atoms with Crippen molar-refractivity contribution >= 4 is 57.1 Å². The number of thiazole rings is 1. The van der Waals surface area contributed by atoms with E-state index in [9.17, 15) is 18.8 Å². The Kier molecular flexibility index (Phi) is 19.8. The van der Waals surface area contributed by atoms with Crippen molar-refractivity contribution in [1.29, 1.82) is 0 Å². The third-order valence-electron chi connectivity index (χ3n) is 15.6. The number of amides is 3. The fourth-order valence-electron chi connectivity index (χ4n) is 10.7. The summed E-state index contributed by atoms with van der Waals surface area (Å²) in [6, 6.07) is 21.1. The van der Waals surface area contributed by atoms with E-state index in [0.717, 1.165) is 92.1 Å². The number of likely N-dealkylation sites (tertiary alicyclic amines) is 1. The lowest BCUT2D eigenvalue weighted by molar-refractivity contribution is -0.144. The van der Waals surface area contributed by atoms with Gasteiger partial charge in [0.2, 0.25) is 17.8 Å². The van der Waals surface area contributed by atoms with Crippen molar-refractivity contribution in [2.24, 2.45) is 5.41 Å². The molecular weight excluding hydrogens is 1100 g/mol. The number of aromatic nitrogens is 6. The number of fused-ring (bicyclic) bond motifs is 2. The lowest BCUT2D eigenvalue weighted by Gasteiger charge is -2.35. The van der Waals surface area contributed by atoms with Gasteiger partial charge in [-0.25, -0.2) is 9.37 Å². The molecule has 1 aliphatic carbocycles. The summed E-state index contributed by atoms with van der Waals surface area (Å²) < 4.78 is 46.5. The molecule has 0 radical (unpaired) electrons. The highest BCUT2D eigenvalue weighted by molar-refractivity contribution is 7.13. The minimum Gasteiger partial charge on any atom is -0.491 e. The molecule has 20 nitrogen and oxygen atoms in total. The number of nitrogens with one attached hydrogen (secondary N) is 5. The van der Waals surface area contributed by atoms with E-state index >= 15 is 0 Å². The zero-order valence-electron chi connectivity index (χ0n) is 49.5. The van der Waals surface area contributed by atoms with Crippen LogP contribution < -0.4 is 36.1 Å². The lowest BCUT2D eigenvalue weighted by atomic mass is 9.85. The maximum absolute atomic E-state index is 14.7. The van der Waals surface area contributed by atoms with Crippen molar-refractivity contribution in [3.8, 4) is 33.5 Å². The molecule has 85 heavy (non-hydrogen) atoms. The SMILES string of the molecule is Cc1ncsc1-c1ccc(CNC(=O)[C@@H]2CCCN2C(=O)[C@@H](NC(=O)C2(F)CC2)C(C)(C)C)c(OCCOCCOCCOCCNc2ccc3c(-c4ccccc4CNc4nc(O[C@@H]5CCCNC5)nc5c(C(C)C)cnn45)nccc3c2)c1. The van der Waals surface area contributed by atoms with E-state index in [-0.39, 0.29) is 49.8 Å². The van der Waals surface area contributed by atoms with Crippen molar-refractivity contribution in [3.05, 3.63) is 107 Å². The topological polar surface area (TPSA) is 230 Å². The van der Waals surface area contributed by atoms with Crippen LogP contribution in [0.4, 0.5) is 16.0 Å². The molecule has 10 rings (SSSR count). The molecule has 0 spiro atoms. The molecule has 3 aromatic carbocycles. The standard InChI is InChI=1S/C63H79FN12O8S/c1-40(2)50-38-71-76-56(50)73-61(84-47-12-9-22-65-37-47)74-60(76)69-35-44-11-7-8-13-48(44)53-49-18-17-46(33-42(49)19-23-67-53)66-24-26-80-27-28-81-29-30-82-31-32-83-52-34-43(54-41(3)70-39-85-54)15-16-45(52)36-68-57(77)51-14-10-25-75(51)58(78)55(62(4,5)6)72-59(79)63(64)20-21-63/h7-8,11,13,15-19,23,33-34,38-40,47,51,55,65-66H,9-10,12,14,20-22,24-32,35-37H2,1-6H3,(H,68,77)(H,72,79)(H,69,73,74)/t47-,51+,55-/m1/s1. The number of ether oxygens (including phenoxy) is 5. The van der Waals surface area contributed by atoms with Crippen LogP contribution in [0.3, 0.4) is 0 Å². The Hall–Kier alpha value is -7.37. The Bertz CT molecular complexity index is 3430. The first-order chi connectivity index (χ1) is 41.1. The zero-order valence-corrected chi connectivity index (χ0v) is 50.3. The molecule has 1 saturated carbocycles. The van der Waals surface area contributed by atoms with E-state index in [0.29, 0.717) is 89.8 Å². The van der Waals surface area contributed by atoms with Crippen molar-refractivity contribution < 1.29 is 42.5 Å². The number of hydrogen-bond acceptors (Lipinski definition) is 17. The predicted octanol–water partition coefficient (Wildman–Crippen LogP) is 8.82. The van der Waals surface area contributed by atoms with Gasteiger partial charge in [0, 0.05) is 66.7 Å². The number of nitrogens with zero attached hydrogens (tertiary/aromatic N) is 7. The Morgan fingerprint density at radius 2 is 1.66 bits per heavy atom. The average molecular weight is 1180 g/mol. The number of halogens is 1. The van der Waals surface area contributed by atoms with Gasteiger partial charge in [0.15, 0.2) is 11.3 Å². The molecule has 22 heteroatoms. The van der Waals surface area contributed by atoms with Gasteiger partial charge < -0.3 is 55.2 Å². The monoisotopic (exact) mass is 1180 g/mol. The van der Waals surface area contributed by atoms with Crippen molar-refractivity contribution in [3.63, 3.8) is 0 Å². The molecule has 5 N–H and O–H groups in total. The minimum absolute atomic E-state index is 0.00717. The Morgan fingerprint density at radius 1 is 0.871 bits per heavy atom. The molecule has 3 aliphatic rings. The van der Waals surface area contributed by atoms with Crippen LogP contribution >= 0.6 is 11.3 Å². The number of hydrogen-bond donors (Lipinski definition) is 5. The van der Waals surface area contributed by atoms with Gasteiger partial charge in [0.1, 0.15) is 30.5 Å². The quantitative estimate of drug-likeness (QED) is 0.0289. The summed E-state index contributed by atoms with van der Waals surface area (Å²) in [6.07, 6.45) is 7.10. The molecule has 452 valence electrons. The van der Waals surface area contributed by atoms with Gasteiger partial charge in [-0.15, -0.1) is 11.3 Å². The van der Waals surface area contributed by atoms with Gasteiger partial charge in [-0.1, -0.05) is 77.1 Å². The Labute approximate surface area is 499 Å². The fraction of sp³-hybridized carbons (Fsp3) is 0.492. The van der Waals surface area contributed by atoms with Gasteiger partial charge in [0.05, 0.1) is 67.6 Å². The summed E-state index contributed by atoms with van der Waals surface area (Å²) in [4.78, 5) is 61.9. The molecule has 7 aromatic rings. The fourth-order valence-corrected chi connectivity index (χ4v) is 11.5. The number of pyridine rings is 1. The summed E-state index contributed by atoms with van der Waals surface area (Å²) >= 11 is 1.54. The van der Waals surface area contributed by atoms with E-state index in [1.165, 1.54) is 16.2 Å². The number of rotatable bonds is 28. The largest absolute Gasteiger partial charge is 0.491 e. The Balaban J connectivity index is 0.648. The third kappa shape index (κ3) is 15.2. The second kappa shape index (κ2) is 27.8. The van der Waals surface area contributed by atoms with Crippen molar-refractivity contribution in [2.75, 3.05) is 83.1 Å². The van der Waals surface area contributed by atoms with Crippen LogP contribution in [0.25, 0.3) is 38.1 Å². The van der Waals surface area contributed by atoms with Gasteiger partial charge in [-0.2, -0.15) is 19.6 Å². The normalized spacial score (nSPS) is 17.1. The third-order valence-corrected chi connectivity index (χ3v) is 16.6. The average Bonchev–Trinajstić information content (AvgIpc) is 2.73. The summed E-state index contributed by atoms with van der Waals surface area (Å²) in [5.41, 5.74) is 7.47. The lowest BCUT2D eigenvalue weighted by Crippen LogP contribution is -2.58. The molecule has 3 atom stereocenters. The van der Waals surface area contributed by atoms with Gasteiger partial charge in [0.25, 0.3) is 5.91 Å². The van der Waals surface area contributed by atoms with Crippen LogP contribution in [0.5, 0.6) is 11.8 Å². The molecule has 3 fully saturated rings. The zero-order chi connectivity index (χ0) is 59.5. The van der Waals surface area contributed by atoms with Crippen LogP contribution in [0.1, 0.15) is 101 Å². The second-order valence-electron chi connectivity index (χ2n) is 23.4. The number of anilines is 2. The van der Waals surface area contributed by atoms with Crippen LogP contribution in [0.15, 0.2) is 84.6 Å². The summed E-state index contributed by atoms with van der Waals surface area (Å²) in [5, 5.41) is 22.9. The summed E-state index contributed by atoms with van der Waals surface area (Å²) in [6.45, 7) is 17.7. The van der Waals surface area contributed by atoms with E-state index in [1.807, 2.05) is 76.5 Å². The Morgan fingerprint density at radius 3 is 2.40 bits per heavy atom. The molecule has 4 aromatic heterocycles. The molecule has 6 heterocycles. The maximum atomic E-state index is 14.7. The molecule has 0 bridgehead atoms.